The number of nitrogens with zero attached hydrogens (tertiary/aromatic N) is 4. The fourth-order valence-corrected chi connectivity index (χ4v) is 2.91. The molecule has 0 radical (unpaired) electrons. The maximum atomic E-state index is 12.2. The molecule has 0 aliphatic rings. The van der Waals surface area contributed by atoms with Crippen molar-refractivity contribution < 1.29 is 14.1 Å². The summed E-state index contributed by atoms with van der Waals surface area (Å²) in [5.74, 6) is 1.58. The monoisotopic (exact) mass is 403 g/mol. The average molecular weight is 403 g/mol. The first kappa shape index (κ1) is 19.4. The van der Waals surface area contributed by atoms with E-state index in [1.54, 1.807) is 12.5 Å². The predicted octanol–water partition coefficient (Wildman–Crippen LogP) is 3.89. The quantitative estimate of drug-likeness (QED) is 0.480. The van der Waals surface area contributed by atoms with E-state index in [4.69, 9.17) is 9.26 Å². The standard InChI is InChI=1S/C22H21N5O3/c1-2-29-19-9-3-16(4-10-19)22-25-21(30-26-22)12-11-20(28)24-17-5-7-18(8-6-17)27-14-13-23-15-27/h3-10,13-15H,2,11-12H2,1H3,(H,24,28). The maximum absolute atomic E-state index is 12.2. The van der Waals surface area contributed by atoms with Crippen LogP contribution in [0.4, 0.5) is 5.69 Å². The first-order chi connectivity index (χ1) is 14.7. The fourth-order valence-electron chi connectivity index (χ4n) is 2.91. The molecular formula is C22H21N5O3. The van der Waals surface area contributed by atoms with Crippen LogP contribution in [0.3, 0.4) is 0 Å². The van der Waals surface area contributed by atoms with Crippen LogP contribution < -0.4 is 10.1 Å². The largest absolute Gasteiger partial charge is 0.494 e. The van der Waals surface area contributed by atoms with Gasteiger partial charge < -0.3 is 19.1 Å². The van der Waals surface area contributed by atoms with E-state index in [0.717, 1.165) is 22.7 Å². The van der Waals surface area contributed by atoms with Gasteiger partial charge in [-0.3, -0.25) is 4.79 Å². The lowest BCUT2D eigenvalue weighted by Gasteiger charge is -2.06. The number of aromatic nitrogens is 4. The van der Waals surface area contributed by atoms with E-state index in [1.165, 1.54) is 0 Å². The van der Waals surface area contributed by atoms with Crippen LogP contribution in [0, 0.1) is 0 Å². The first-order valence-electron chi connectivity index (χ1n) is 9.65. The molecule has 1 amide bonds. The number of anilines is 1. The molecule has 0 unspecified atom stereocenters. The van der Waals surface area contributed by atoms with Gasteiger partial charge in [0.15, 0.2) is 0 Å². The van der Waals surface area contributed by atoms with E-state index in [2.05, 4.69) is 20.4 Å². The van der Waals surface area contributed by atoms with Crippen LogP contribution in [0.5, 0.6) is 5.75 Å². The molecule has 0 saturated heterocycles. The summed E-state index contributed by atoms with van der Waals surface area (Å²) in [7, 11) is 0. The Bertz CT molecular complexity index is 1090. The lowest BCUT2D eigenvalue weighted by Crippen LogP contribution is -2.12. The summed E-state index contributed by atoms with van der Waals surface area (Å²) in [4.78, 5) is 20.6. The maximum Gasteiger partial charge on any atom is 0.227 e. The molecule has 152 valence electrons. The average Bonchev–Trinajstić information content (AvgIpc) is 3.46. The summed E-state index contributed by atoms with van der Waals surface area (Å²) in [5, 5.41) is 6.87. The molecular weight excluding hydrogens is 382 g/mol. The molecule has 0 aliphatic heterocycles. The number of amides is 1. The van der Waals surface area contributed by atoms with Crippen LogP contribution in [-0.4, -0.2) is 32.2 Å². The highest BCUT2D eigenvalue weighted by atomic mass is 16.5. The Hall–Kier alpha value is -3.94. The van der Waals surface area contributed by atoms with Gasteiger partial charge in [0.1, 0.15) is 5.75 Å². The predicted molar refractivity (Wildman–Crippen MR) is 111 cm³/mol. The molecule has 0 spiro atoms. The van der Waals surface area contributed by atoms with Gasteiger partial charge in [-0.05, 0) is 55.5 Å². The summed E-state index contributed by atoms with van der Waals surface area (Å²) in [5.41, 5.74) is 2.53. The van der Waals surface area contributed by atoms with E-state index in [-0.39, 0.29) is 12.3 Å². The lowest BCUT2D eigenvalue weighted by atomic mass is 10.2. The van der Waals surface area contributed by atoms with Gasteiger partial charge >= 0.3 is 0 Å². The van der Waals surface area contributed by atoms with Gasteiger partial charge in [0, 0.05) is 42.2 Å². The Morgan fingerprint density at radius 1 is 1.13 bits per heavy atom. The third-order valence-electron chi connectivity index (χ3n) is 4.41. The van der Waals surface area contributed by atoms with Crippen molar-refractivity contribution in [2.75, 3.05) is 11.9 Å². The molecule has 2 heterocycles. The Balaban J connectivity index is 1.30. The number of hydrogen-bond acceptors (Lipinski definition) is 6. The third-order valence-corrected chi connectivity index (χ3v) is 4.41. The van der Waals surface area contributed by atoms with E-state index in [1.807, 2.05) is 66.2 Å². The van der Waals surface area contributed by atoms with Crippen molar-refractivity contribution >= 4 is 11.6 Å². The topological polar surface area (TPSA) is 95.1 Å². The van der Waals surface area contributed by atoms with Crippen LogP contribution in [0.25, 0.3) is 17.1 Å². The molecule has 4 aromatic rings. The van der Waals surface area contributed by atoms with Crippen molar-refractivity contribution in [3.63, 3.8) is 0 Å². The number of hydrogen-bond donors (Lipinski definition) is 1. The lowest BCUT2D eigenvalue weighted by molar-refractivity contribution is -0.116. The molecule has 8 nitrogen and oxygen atoms in total. The van der Waals surface area contributed by atoms with Crippen LogP contribution in [0.2, 0.25) is 0 Å². The first-order valence-corrected chi connectivity index (χ1v) is 9.65. The van der Waals surface area contributed by atoms with Gasteiger partial charge in [0.2, 0.25) is 17.6 Å². The Kier molecular flexibility index (Phi) is 5.84. The molecule has 4 rings (SSSR count). The van der Waals surface area contributed by atoms with Gasteiger partial charge in [-0.1, -0.05) is 5.16 Å². The number of aryl methyl sites for hydroxylation is 1. The van der Waals surface area contributed by atoms with Crippen molar-refractivity contribution in [2.45, 2.75) is 19.8 Å². The van der Waals surface area contributed by atoms with Crippen molar-refractivity contribution in [1.29, 1.82) is 0 Å². The summed E-state index contributed by atoms with van der Waals surface area (Å²) in [6, 6.07) is 15.0. The van der Waals surface area contributed by atoms with E-state index < -0.39 is 0 Å². The zero-order valence-electron chi connectivity index (χ0n) is 16.5. The van der Waals surface area contributed by atoms with Gasteiger partial charge in [-0.2, -0.15) is 4.98 Å². The van der Waals surface area contributed by atoms with Crippen molar-refractivity contribution in [2.24, 2.45) is 0 Å². The van der Waals surface area contributed by atoms with Gasteiger partial charge in [0.05, 0.1) is 12.9 Å². The number of benzene rings is 2. The van der Waals surface area contributed by atoms with Crippen LogP contribution in [-0.2, 0) is 11.2 Å². The molecule has 0 bridgehead atoms. The highest BCUT2D eigenvalue weighted by Crippen LogP contribution is 2.20. The number of carbonyl (C=O) groups is 1. The molecule has 1 N–H and O–H groups in total. The molecule has 0 aliphatic carbocycles. The zero-order chi connectivity index (χ0) is 20.8. The number of carbonyl (C=O) groups excluding carboxylic acids is 1. The van der Waals surface area contributed by atoms with Crippen molar-refractivity contribution in [3.05, 3.63) is 73.1 Å². The van der Waals surface area contributed by atoms with Gasteiger partial charge in [-0.25, -0.2) is 4.98 Å². The minimum absolute atomic E-state index is 0.119. The van der Waals surface area contributed by atoms with E-state index in [0.29, 0.717) is 24.7 Å². The number of imidazole rings is 1. The van der Waals surface area contributed by atoms with Crippen molar-refractivity contribution in [1.82, 2.24) is 19.7 Å². The normalized spacial score (nSPS) is 10.7. The van der Waals surface area contributed by atoms with Gasteiger partial charge in [-0.15, -0.1) is 0 Å². The third kappa shape index (κ3) is 4.72. The number of rotatable bonds is 8. The molecule has 0 fully saturated rings. The van der Waals surface area contributed by atoms with Crippen molar-refractivity contribution in [3.8, 4) is 22.8 Å². The molecule has 0 saturated carbocycles. The fraction of sp³-hybridized carbons (Fsp3) is 0.182. The van der Waals surface area contributed by atoms with E-state index >= 15 is 0 Å². The number of nitrogens with one attached hydrogen (secondary N) is 1. The molecule has 2 aromatic carbocycles. The summed E-state index contributed by atoms with van der Waals surface area (Å²) in [6.45, 7) is 2.55. The zero-order valence-corrected chi connectivity index (χ0v) is 16.5. The number of ether oxygens (including phenoxy) is 1. The second kappa shape index (κ2) is 9.04. The summed E-state index contributed by atoms with van der Waals surface area (Å²) < 4.78 is 12.6. The minimum Gasteiger partial charge on any atom is -0.494 e. The SMILES string of the molecule is CCOc1ccc(-c2noc(CCC(=O)Nc3ccc(-n4ccnc4)cc3)n2)cc1. The highest BCUT2D eigenvalue weighted by Gasteiger charge is 2.11. The Labute approximate surface area is 173 Å². The highest BCUT2D eigenvalue weighted by molar-refractivity contribution is 5.90. The second-order valence-electron chi connectivity index (χ2n) is 6.53. The van der Waals surface area contributed by atoms with Crippen LogP contribution in [0.15, 0.2) is 71.8 Å². The molecule has 8 heteroatoms. The second-order valence-corrected chi connectivity index (χ2v) is 6.53. The van der Waals surface area contributed by atoms with Crippen LogP contribution >= 0.6 is 0 Å². The summed E-state index contributed by atoms with van der Waals surface area (Å²) in [6.07, 6.45) is 5.91. The Morgan fingerprint density at radius 2 is 1.93 bits per heavy atom. The molecule has 0 atom stereocenters. The van der Waals surface area contributed by atoms with Crippen LogP contribution in [0.1, 0.15) is 19.2 Å². The molecule has 2 aromatic heterocycles. The Morgan fingerprint density at radius 3 is 2.63 bits per heavy atom. The van der Waals surface area contributed by atoms with Gasteiger partial charge in [0.25, 0.3) is 0 Å². The molecule has 30 heavy (non-hydrogen) atoms. The summed E-state index contributed by atoms with van der Waals surface area (Å²) >= 11 is 0. The minimum atomic E-state index is -0.119. The smallest absolute Gasteiger partial charge is 0.227 e. The van der Waals surface area contributed by atoms with E-state index in [9.17, 15) is 4.79 Å².